The molecule has 2 aromatic rings. The van der Waals surface area contributed by atoms with Crippen molar-refractivity contribution < 1.29 is 4.92 Å². The Kier molecular flexibility index (Phi) is 3.73. The van der Waals surface area contributed by atoms with Gasteiger partial charge in [0.2, 0.25) is 0 Å². The van der Waals surface area contributed by atoms with Gasteiger partial charge < -0.3 is 5.32 Å². The third-order valence-electron chi connectivity index (χ3n) is 4.37. The molecule has 0 unspecified atom stereocenters. The van der Waals surface area contributed by atoms with E-state index in [0.29, 0.717) is 11.4 Å². The number of non-ortho nitro benzene ring substituents is 1. The number of fused-ring (bicyclic) bond motifs is 1. The van der Waals surface area contributed by atoms with Crippen molar-refractivity contribution in [3.63, 3.8) is 0 Å². The smallest absolute Gasteiger partial charge is 0.278 e. The molecule has 0 atom stereocenters. The first-order chi connectivity index (χ1) is 10.1. The van der Waals surface area contributed by atoms with Crippen LogP contribution in [0, 0.1) is 16.0 Å². The van der Waals surface area contributed by atoms with Crippen LogP contribution in [0.4, 0.5) is 11.4 Å². The molecule has 5 heteroatoms. The number of nitrogens with one attached hydrogen (secondary N) is 1. The normalized spacial score (nSPS) is 22.1. The van der Waals surface area contributed by atoms with Crippen LogP contribution in [0.1, 0.15) is 32.6 Å². The summed E-state index contributed by atoms with van der Waals surface area (Å²) in [5.74, 6) is 0.806. The first kappa shape index (κ1) is 13.8. The van der Waals surface area contributed by atoms with Crippen LogP contribution in [0.15, 0.2) is 30.6 Å². The monoisotopic (exact) mass is 285 g/mol. The van der Waals surface area contributed by atoms with Gasteiger partial charge in [0.25, 0.3) is 5.69 Å². The summed E-state index contributed by atoms with van der Waals surface area (Å²) in [6.45, 7) is 2.29. The topological polar surface area (TPSA) is 68.1 Å². The predicted molar refractivity (Wildman–Crippen MR) is 83.4 cm³/mol. The van der Waals surface area contributed by atoms with Gasteiger partial charge in [-0.1, -0.05) is 6.92 Å². The fraction of sp³-hybridized carbons (Fsp3) is 0.438. The highest BCUT2D eigenvalue weighted by Crippen LogP contribution is 2.33. The van der Waals surface area contributed by atoms with E-state index in [0.717, 1.165) is 29.8 Å². The molecule has 1 saturated carbocycles. The molecule has 0 saturated heterocycles. The molecule has 1 aliphatic rings. The molecule has 0 radical (unpaired) electrons. The summed E-state index contributed by atoms with van der Waals surface area (Å²) in [7, 11) is 0. The zero-order valence-corrected chi connectivity index (χ0v) is 12.1. The maximum Gasteiger partial charge on any atom is 0.278 e. The van der Waals surface area contributed by atoms with Gasteiger partial charge in [0, 0.05) is 35.6 Å². The number of hydrogen-bond acceptors (Lipinski definition) is 4. The van der Waals surface area contributed by atoms with Crippen molar-refractivity contribution in [3.8, 4) is 0 Å². The van der Waals surface area contributed by atoms with Crippen molar-refractivity contribution in [1.29, 1.82) is 0 Å². The second kappa shape index (κ2) is 5.68. The Morgan fingerprint density at radius 2 is 1.95 bits per heavy atom. The summed E-state index contributed by atoms with van der Waals surface area (Å²) in [5.41, 5.74) is 1.08. The molecule has 21 heavy (non-hydrogen) atoms. The zero-order valence-electron chi connectivity index (χ0n) is 12.1. The Morgan fingerprint density at radius 3 is 2.67 bits per heavy atom. The number of benzene rings is 1. The van der Waals surface area contributed by atoms with Gasteiger partial charge in [-0.05, 0) is 43.7 Å². The van der Waals surface area contributed by atoms with Crippen molar-refractivity contribution in [2.75, 3.05) is 5.32 Å². The minimum absolute atomic E-state index is 0.112. The number of nitro groups is 1. The quantitative estimate of drug-likeness (QED) is 0.680. The Hall–Kier alpha value is -2.17. The summed E-state index contributed by atoms with van der Waals surface area (Å²) in [5, 5.41) is 16.1. The molecule has 0 aliphatic heterocycles. The molecule has 0 amide bonds. The summed E-state index contributed by atoms with van der Waals surface area (Å²) in [6.07, 6.45) is 8.05. The highest BCUT2D eigenvalue weighted by Gasteiger charge is 2.20. The molecule has 3 rings (SSSR count). The van der Waals surface area contributed by atoms with Crippen LogP contribution in [-0.2, 0) is 0 Å². The fourth-order valence-corrected chi connectivity index (χ4v) is 3.08. The standard InChI is InChI=1S/C16H19N3O2/c1-11-2-4-12(5-3-11)18-15-6-7-16(19(20)21)14-10-17-9-8-13(14)15/h6-12,18H,2-5H2,1H3. The summed E-state index contributed by atoms with van der Waals surface area (Å²) in [4.78, 5) is 14.8. The number of nitrogens with zero attached hydrogens (tertiary/aromatic N) is 2. The Balaban J connectivity index is 1.93. The number of rotatable bonds is 3. The summed E-state index contributed by atoms with van der Waals surface area (Å²) in [6, 6.07) is 5.69. The number of anilines is 1. The third-order valence-corrected chi connectivity index (χ3v) is 4.37. The first-order valence-corrected chi connectivity index (χ1v) is 7.43. The van der Waals surface area contributed by atoms with Gasteiger partial charge in [-0.3, -0.25) is 15.1 Å². The van der Waals surface area contributed by atoms with Crippen LogP contribution in [0.5, 0.6) is 0 Å². The molecule has 0 spiro atoms. The van der Waals surface area contributed by atoms with E-state index in [1.165, 1.54) is 12.8 Å². The lowest BCUT2D eigenvalue weighted by Gasteiger charge is -2.28. The Labute approximate surface area is 123 Å². The third kappa shape index (κ3) is 2.82. The molecular formula is C16H19N3O2. The maximum atomic E-state index is 11.1. The second-order valence-electron chi connectivity index (χ2n) is 5.91. The Morgan fingerprint density at radius 1 is 1.19 bits per heavy atom. The van der Waals surface area contributed by atoms with Crippen molar-refractivity contribution in [2.24, 2.45) is 5.92 Å². The van der Waals surface area contributed by atoms with Crippen molar-refractivity contribution >= 4 is 22.1 Å². The van der Waals surface area contributed by atoms with Crippen molar-refractivity contribution in [1.82, 2.24) is 4.98 Å². The lowest BCUT2D eigenvalue weighted by molar-refractivity contribution is -0.383. The first-order valence-electron chi connectivity index (χ1n) is 7.43. The summed E-state index contributed by atoms with van der Waals surface area (Å²) >= 11 is 0. The zero-order chi connectivity index (χ0) is 14.8. The summed E-state index contributed by atoms with van der Waals surface area (Å²) < 4.78 is 0. The fourth-order valence-electron chi connectivity index (χ4n) is 3.08. The van der Waals surface area contributed by atoms with Gasteiger partial charge >= 0.3 is 0 Å². The molecule has 1 aliphatic carbocycles. The second-order valence-corrected chi connectivity index (χ2v) is 5.91. The molecule has 1 N–H and O–H groups in total. The van der Waals surface area contributed by atoms with E-state index in [-0.39, 0.29) is 10.6 Å². The van der Waals surface area contributed by atoms with E-state index in [9.17, 15) is 10.1 Å². The number of nitro benzene ring substituents is 1. The molecule has 1 fully saturated rings. The molecular weight excluding hydrogens is 266 g/mol. The number of pyridine rings is 1. The minimum atomic E-state index is -0.351. The lowest BCUT2D eigenvalue weighted by Crippen LogP contribution is -2.25. The highest BCUT2D eigenvalue weighted by molar-refractivity contribution is 5.99. The van der Waals surface area contributed by atoms with Gasteiger partial charge in [0.05, 0.1) is 10.3 Å². The van der Waals surface area contributed by atoms with Gasteiger partial charge in [0.1, 0.15) is 0 Å². The van der Waals surface area contributed by atoms with Crippen LogP contribution in [0.25, 0.3) is 10.8 Å². The van der Waals surface area contributed by atoms with Crippen LogP contribution in [0.2, 0.25) is 0 Å². The van der Waals surface area contributed by atoms with E-state index in [1.807, 2.05) is 12.1 Å². The van der Waals surface area contributed by atoms with Crippen molar-refractivity contribution in [3.05, 3.63) is 40.7 Å². The van der Waals surface area contributed by atoms with E-state index < -0.39 is 0 Å². The van der Waals surface area contributed by atoms with E-state index in [4.69, 9.17) is 0 Å². The van der Waals surface area contributed by atoms with Crippen LogP contribution in [-0.4, -0.2) is 15.9 Å². The average Bonchev–Trinajstić information content (AvgIpc) is 2.49. The molecule has 110 valence electrons. The van der Waals surface area contributed by atoms with Crippen LogP contribution < -0.4 is 5.32 Å². The van der Waals surface area contributed by atoms with Crippen LogP contribution in [0.3, 0.4) is 0 Å². The van der Waals surface area contributed by atoms with Crippen molar-refractivity contribution in [2.45, 2.75) is 38.6 Å². The van der Waals surface area contributed by atoms with E-state index >= 15 is 0 Å². The molecule has 1 aromatic heterocycles. The maximum absolute atomic E-state index is 11.1. The predicted octanol–water partition coefficient (Wildman–Crippen LogP) is 4.13. The largest absolute Gasteiger partial charge is 0.382 e. The SMILES string of the molecule is CC1CCC(Nc2ccc([N+](=O)[O-])c3cnccc23)CC1. The van der Waals surface area contributed by atoms with Gasteiger partial charge in [-0.2, -0.15) is 0 Å². The number of aromatic nitrogens is 1. The molecule has 0 bridgehead atoms. The van der Waals surface area contributed by atoms with Gasteiger partial charge in [0.15, 0.2) is 0 Å². The number of hydrogen-bond donors (Lipinski definition) is 1. The molecule has 1 aromatic carbocycles. The average molecular weight is 285 g/mol. The van der Waals surface area contributed by atoms with E-state index in [1.54, 1.807) is 18.5 Å². The minimum Gasteiger partial charge on any atom is -0.382 e. The Bertz CT molecular complexity index is 664. The van der Waals surface area contributed by atoms with E-state index in [2.05, 4.69) is 17.2 Å². The highest BCUT2D eigenvalue weighted by atomic mass is 16.6. The van der Waals surface area contributed by atoms with Gasteiger partial charge in [-0.25, -0.2) is 0 Å². The molecule has 5 nitrogen and oxygen atoms in total. The molecule has 1 heterocycles. The van der Waals surface area contributed by atoms with Gasteiger partial charge in [-0.15, -0.1) is 0 Å². The lowest BCUT2D eigenvalue weighted by atomic mass is 9.87. The van der Waals surface area contributed by atoms with Crippen LogP contribution >= 0.6 is 0 Å².